The molecule has 2 aliphatic rings. The first-order chi connectivity index (χ1) is 9.72. The van der Waals surface area contributed by atoms with E-state index < -0.39 is 0 Å². The Kier molecular flexibility index (Phi) is 4.11. The quantitative estimate of drug-likeness (QED) is 0.783. The number of rotatable bonds is 6. The van der Waals surface area contributed by atoms with Gasteiger partial charge in [0.15, 0.2) is 0 Å². The molecule has 2 heteroatoms. The summed E-state index contributed by atoms with van der Waals surface area (Å²) >= 11 is 0. The summed E-state index contributed by atoms with van der Waals surface area (Å²) in [6, 6.07) is 7.53. The second kappa shape index (κ2) is 5.85. The highest BCUT2D eigenvalue weighted by Crippen LogP contribution is 2.44. The van der Waals surface area contributed by atoms with E-state index in [0.29, 0.717) is 11.5 Å². The van der Waals surface area contributed by atoms with Gasteiger partial charge in [0.05, 0.1) is 0 Å². The van der Waals surface area contributed by atoms with E-state index in [2.05, 4.69) is 12.2 Å². The lowest BCUT2D eigenvalue weighted by molar-refractivity contribution is 0.250. The topological polar surface area (TPSA) is 12.0 Å². The van der Waals surface area contributed by atoms with Crippen molar-refractivity contribution in [2.24, 2.45) is 11.3 Å². The molecule has 0 heterocycles. The van der Waals surface area contributed by atoms with Crippen LogP contribution in [0.25, 0.3) is 0 Å². The molecule has 0 aliphatic heterocycles. The maximum atomic E-state index is 13.1. The average Bonchev–Trinajstić information content (AvgIpc) is 3.19. The molecule has 0 aromatic heterocycles. The number of hydrogen-bond donors (Lipinski definition) is 1. The SMILES string of the molecule is CCC1(CNC(c2ccc(F)cc2)C2CC2)CCCC1. The summed E-state index contributed by atoms with van der Waals surface area (Å²) in [7, 11) is 0. The molecule has 1 unspecified atom stereocenters. The Bertz CT molecular complexity index is 429. The molecule has 110 valence electrons. The molecule has 0 spiro atoms. The zero-order chi connectivity index (χ0) is 14.0. The number of halogens is 1. The Morgan fingerprint density at radius 2 is 1.85 bits per heavy atom. The van der Waals surface area contributed by atoms with E-state index in [4.69, 9.17) is 0 Å². The van der Waals surface area contributed by atoms with Crippen LogP contribution < -0.4 is 5.32 Å². The van der Waals surface area contributed by atoms with Crippen LogP contribution in [-0.4, -0.2) is 6.54 Å². The van der Waals surface area contributed by atoms with Crippen molar-refractivity contribution in [3.63, 3.8) is 0 Å². The lowest BCUT2D eigenvalue weighted by Crippen LogP contribution is -2.35. The molecule has 2 fully saturated rings. The third kappa shape index (κ3) is 3.06. The molecule has 1 aromatic carbocycles. The van der Waals surface area contributed by atoms with Crippen molar-refractivity contribution >= 4 is 0 Å². The molecule has 0 saturated heterocycles. The lowest BCUT2D eigenvalue weighted by Gasteiger charge is -2.31. The molecule has 20 heavy (non-hydrogen) atoms. The van der Waals surface area contributed by atoms with Crippen LogP contribution in [0.4, 0.5) is 4.39 Å². The highest BCUT2D eigenvalue weighted by Gasteiger charge is 2.36. The second-order valence-electron chi connectivity index (χ2n) is 6.81. The van der Waals surface area contributed by atoms with Crippen LogP contribution >= 0.6 is 0 Å². The smallest absolute Gasteiger partial charge is 0.123 e. The van der Waals surface area contributed by atoms with Crippen molar-refractivity contribution in [2.45, 2.75) is 57.9 Å². The highest BCUT2D eigenvalue weighted by atomic mass is 19.1. The van der Waals surface area contributed by atoms with Crippen LogP contribution in [0.5, 0.6) is 0 Å². The summed E-state index contributed by atoms with van der Waals surface area (Å²) < 4.78 is 13.1. The Labute approximate surface area is 122 Å². The van der Waals surface area contributed by atoms with Crippen molar-refractivity contribution in [3.8, 4) is 0 Å². The zero-order valence-corrected chi connectivity index (χ0v) is 12.5. The summed E-state index contributed by atoms with van der Waals surface area (Å²) in [6.45, 7) is 3.46. The molecule has 1 aromatic rings. The molecule has 3 rings (SSSR count). The number of hydrogen-bond acceptors (Lipinski definition) is 1. The fraction of sp³-hybridized carbons (Fsp3) is 0.667. The van der Waals surface area contributed by atoms with Crippen LogP contribution in [0.1, 0.15) is 63.5 Å². The maximum Gasteiger partial charge on any atom is 0.123 e. The van der Waals surface area contributed by atoms with Gasteiger partial charge in [-0.05, 0) is 61.1 Å². The van der Waals surface area contributed by atoms with Crippen LogP contribution in [0, 0.1) is 17.2 Å². The summed E-state index contributed by atoms with van der Waals surface area (Å²) in [5.41, 5.74) is 1.78. The Morgan fingerprint density at radius 3 is 2.40 bits per heavy atom. The normalized spacial score (nSPS) is 22.9. The van der Waals surface area contributed by atoms with E-state index in [9.17, 15) is 4.39 Å². The van der Waals surface area contributed by atoms with Gasteiger partial charge in [0.2, 0.25) is 0 Å². The van der Waals surface area contributed by atoms with Gasteiger partial charge in [-0.2, -0.15) is 0 Å². The van der Waals surface area contributed by atoms with Gasteiger partial charge in [-0.3, -0.25) is 0 Å². The minimum absolute atomic E-state index is 0.135. The summed E-state index contributed by atoms with van der Waals surface area (Å²) in [5, 5.41) is 3.83. The first-order valence-corrected chi connectivity index (χ1v) is 8.21. The Balaban J connectivity index is 1.67. The summed E-state index contributed by atoms with van der Waals surface area (Å²) in [4.78, 5) is 0. The van der Waals surface area contributed by atoms with E-state index in [1.807, 2.05) is 12.1 Å². The van der Waals surface area contributed by atoms with Crippen LogP contribution in [-0.2, 0) is 0 Å². The zero-order valence-electron chi connectivity index (χ0n) is 12.5. The number of nitrogens with one attached hydrogen (secondary N) is 1. The summed E-state index contributed by atoms with van der Waals surface area (Å²) in [5.74, 6) is 0.625. The standard InChI is InChI=1S/C18H26FN/c1-2-18(11-3-4-12-18)13-20-17(14-5-6-14)15-7-9-16(19)10-8-15/h7-10,14,17,20H,2-6,11-13H2,1H3. The Hall–Kier alpha value is -0.890. The predicted octanol–water partition coefficient (Wildman–Crippen LogP) is 4.84. The third-order valence-corrected chi connectivity index (χ3v) is 5.43. The monoisotopic (exact) mass is 275 g/mol. The lowest BCUT2D eigenvalue weighted by atomic mass is 9.83. The minimum atomic E-state index is -0.135. The van der Waals surface area contributed by atoms with Crippen LogP contribution in [0.2, 0.25) is 0 Å². The van der Waals surface area contributed by atoms with Crippen molar-refractivity contribution in [3.05, 3.63) is 35.6 Å². The van der Waals surface area contributed by atoms with Gasteiger partial charge in [0.25, 0.3) is 0 Å². The van der Waals surface area contributed by atoms with Crippen LogP contribution in [0.3, 0.4) is 0 Å². The van der Waals surface area contributed by atoms with Crippen molar-refractivity contribution in [1.29, 1.82) is 0 Å². The van der Waals surface area contributed by atoms with E-state index in [0.717, 1.165) is 12.5 Å². The fourth-order valence-electron chi connectivity index (χ4n) is 3.76. The predicted molar refractivity (Wildman–Crippen MR) is 81.1 cm³/mol. The van der Waals surface area contributed by atoms with Gasteiger partial charge < -0.3 is 5.32 Å². The van der Waals surface area contributed by atoms with Crippen molar-refractivity contribution in [2.75, 3.05) is 6.54 Å². The Morgan fingerprint density at radius 1 is 1.20 bits per heavy atom. The minimum Gasteiger partial charge on any atom is -0.309 e. The molecule has 1 N–H and O–H groups in total. The van der Waals surface area contributed by atoms with Crippen molar-refractivity contribution < 1.29 is 4.39 Å². The molecule has 1 atom stereocenters. The van der Waals surface area contributed by atoms with Gasteiger partial charge in [0.1, 0.15) is 5.82 Å². The average molecular weight is 275 g/mol. The molecular weight excluding hydrogens is 249 g/mol. The molecule has 0 amide bonds. The van der Waals surface area contributed by atoms with E-state index in [1.165, 1.54) is 50.5 Å². The number of benzene rings is 1. The molecule has 2 saturated carbocycles. The van der Waals surface area contributed by atoms with Gasteiger partial charge >= 0.3 is 0 Å². The van der Waals surface area contributed by atoms with Gasteiger partial charge in [-0.1, -0.05) is 31.9 Å². The fourth-order valence-corrected chi connectivity index (χ4v) is 3.76. The molecule has 0 bridgehead atoms. The first kappa shape index (κ1) is 14.1. The molecule has 1 nitrogen and oxygen atoms in total. The van der Waals surface area contributed by atoms with Gasteiger partial charge in [-0.25, -0.2) is 4.39 Å². The largest absolute Gasteiger partial charge is 0.309 e. The first-order valence-electron chi connectivity index (χ1n) is 8.21. The van der Waals surface area contributed by atoms with Gasteiger partial charge in [0, 0.05) is 12.6 Å². The molecule has 0 radical (unpaired) electrons. The van der Waals surface area contributed by atoms with E-state index in [-0.39, 0.29) is 5.82 Å². The van der Waals surface area contributed by atoms with E-state index in [1.54, 1.807) is 12.1 Å². The molecule has 2 aliphatic carbocycles. The third-order valence-electron chi connectivity index (χ3n) is 5.43. The molecular formula is C18H26FN. The summed E-state index contributed by atoms with van der Waals surface area (Å²) in [6.07, 6.45) is 9.43. The van der Waals surface area contributed by atoms with Crippen LogP contribution in [0.15, 0.2) is 24.3 Å². The highest BCUT2D eigenvalue weighted by molar-refractivity contribution is 5.22. The van der Waals surface area contributed by atoms with Crippen molar-refractivity contribution in [1.82, 2.24) is 5.32 Å². The van der Waals surface area contributed by atoms with Gasteiger partial charge in [-0.15, -0.1) is 0 Å². The maximum absolute atomic E-state index is 13.1. The second-order valence-corrected chi connectivity index (χ2v) is 6.81. The van der Waals surface area contributed by atoms with E-state index >= 15 is 0 Å².